The van der Waals surface area contributed by atoms with Crippen molar-refractivity contribution in [1.29, 1.82) is 0 Å². The van der Waals surface area contributed by atoms with Gasteiger partial charge in [-0.1, -0.05) is 11.6 Å². The van der Waals surface area contributed by atoms with E-state index in [0.717, 1.165) is 68.7 Å². The Morgan fingerprint density at radius 1 is 1.08 bits per heavy atom. The number of anilines is 1. The minimum absolute atomic E-state index is 0.0783. The van der Waals surface area contributed by atoms with Gasteiger partial charge in [0.2, 0.25) is 5.91 Å². The van der Waals surface area contributed by atoms with E-state index in [0.29, 0.717) is 10.9 Å². The molecular weight excluding hydrogens is 336 g/mol. The van der Waals surface area contributed by atoms with Gasteiger partial charge in [-0.15, -0.1) is 0 Å². The number of likely N-dealkylation sites (tertiary alicyclic amines) is 1. The minimum Gasteiger partial charge on any atom is -0.355 e. The SMILES string of the molecule is O=C(C1CCCN(c2cnc3cc(Cl)ccc3n2)C1)N1CCCCC1. The molecule has 5 nitrogen and oxygen atoms in total. The van der Waals surface area contributed by atoms with E-state index in [1.165, 1.54) is 6.42 Å². The van der Waals surface area contributed by atoms with Gasteiger partial charge in [-0.2, -0.15) is 0 Å². The molecule has 0 radical (unpaired) electrons. The summed E-state index contributed by atoms with van der Waals surface area (Å²) >= 11 is 6.01. The van der Waals surface area contributed by atoms with Gasteiger partial charge in [0.1, 0.15) is 5.82 Å². The number of fused-ring (bicyclic) bond motifs is 1. The maximum Gasteiger partial charge on any atom is 0.227 e. The molecule has 2 aliphatic heterocycles. The van der Waals surface area contributed by atoms with Crippen LogP contribution in [0.4, 0.5) is 5.82 Å². The fourth-order valence-corrected chi connectivity index (χ4v) is 4.05. The molecule has 132 valence electrons. The highest BCUT2D eigenvalue weighted by Gasteiger charge is 2.30. The van der Waals surface area contributed by atoms with Gasteiger partial charge in [0.15, 0.2) is 0 Å². The van der Waals surface area contributed by atoms with Gasteiger partial charge < -0.3 is 9.80 Å². The Morgan fingerprint density at radius 2 is 1.92 bits per heavy atom. The van der Waals surface area contributed by atoms with Crippen LogP contribution in [-0.4, -0.2) is 47.0 Å². The Hall–Kier alpha value is -1.88. The predicted octanol–water partition coefficient (Wildman–Crippen LogP) is 3.51. The quantitative estimate of drug-likeness (QED) is 0.824. The lowest BCUT2D eigenvalue weighted by Gasteiger charge is -2.36. The van der Waals surface area contributed by atoms with Crippen LogP contribution in [-0.2, 0) is 4.79 Å². The molecule has 2 saturated heterocycles. The fraction of sp³-hybridized carbons (Fsp3) is 0.526. The van der Waals surface area contributed by atoms with Crippen LogP contribution in [0.15, 0.2) is 24.4 Å². The molecule has 1 atom stereocenters. The van der Waals surface area contributed by atoms with Crippen molar-refractivity contribution in [3.05, 3.63) is 29.4 Å². The number of rotatable bonds is 2. The van der Waals surface area contributed by atoms with Crippen LogP contribution in [0.3, 0.4) is 0 Å². The number of carbonyl (C=O) groups is 1. The van der Waals surface area contributed by atoms with Crippen molar-refractivity contribution in [2.75, 3.05) is 31.1 Å². The molecule has 2 fully saturated rings. The highest BCUT2D eigenvalue weighted by Crippen LogP contribution is 2.26. The van der Waals surface area contributed by atoms with E-state index >= 15 is 0 Å². The first-order chi connectivity index (χ1) is 12.2. The summed E-state index contributed by atoms with van der Waals surface area (Å²) in [5.74, 6) is 1.26. The van der Waals surface area contributed by atoms with Crippen molar-refractivity contribution >= 4 is 34.4 Å². The molecule has 0 bridgehead atoms. The van der Waals surface area contributed by atoms with E-state index in [2.05, 4.69) is 14.8 Å². The van der Waals surface area contributed by atoms with Gasteiger partial charge in [-0.3, -0.25) is 9.78 Å². The maximum atomic E-state index is 12.8. The van der Waals surface area contributed by atoms with E-state index in [1.807, 2.05) is 18.2 Å². The Bertz CT molecular complexity index is 775. The largest absolute Gasteiger partial charge is 0.355 e. The van der Waals surface area contributed by atoms with Crippen LogP contribution in [0.25, 0.3) is 11.0 Å². The van der Waals surface area contributed by atoms with Gasteiger partial charge in [0, 0.05) is 31.2 Å². The van der Waals surface area contributed by atoms with E-state index in [4.69, 9.17) is 16.6 Å². The summed E-state index contributed by atoms with van der Waals surface area (Å²) in [5, 5.41) is 0.666. The first-order valence-electron chi connectivity index (χ1n) is 9.17. The lowest BCUT2D eigenvalue weighted by Crippen LogP contribution is -2.46. The molecule has 0 spiro atoms. The van der Waals surface area contributed by atoms with Gasteiger partial charge in [0.25, 0.3) is 0 Å². The summed E-state index contributed by atoms with van der Waals surface area (Å²) in [7, 11) is 0. The molecule has 2 aliphatic rings. The number of benzene rings is 1. The topological polar surface area (TPSA) is 49.3 Å². The minimum atomic E-state index is 0.0783. The number of amides is 1. The lowest BCUT2D eigenvalue weighted by atomic mass is 9.95. The third-order valence-corrected chi connectivity index (χ3v) is 5.49. The number of hydrogen-bond donors (Lipinski definition) is 0. The molecule has 25 heavy (non-hydrogen) atoms. The van der Waals surface area contributed by atoms with E-state index in [-0.39, 0.29) is 5.92 Å². The highest BCUT2D eigenvalue weighted by molar-refractivity contribution is 6.31. The third kappa shape index (κ3) is 3.56. The van der Waals surface area contributed by atoms with E-state index < -0.39 is 0 Å². The molecule has 4 rings (SSSR count). The van der Waals surface area contributed by atoms with Gasteiger partial charge in [-0.25, -0.2) is 4.98 Å². The molecule has 0 saturated carbocycles. The van der Waals surface area contributed by atoms with Crippen LogP contribution >= 0.6 is 11.6 Å². The molecule has 1 aromatic carbocycles. The average molecular weight is 359 g/mol. The molecule has 0 aliphatic carbocycles. The first kappa shape index (κ1) is 16.6. The number of nitrogens with zero attached hydrogens (tertiary/aromatic N) is 4. The zero-order valence-electron chi connectivity index (χ0n) is 14.3. The van der Waals surface area contributed by atoms with Crippen molar-refractivity contribution in [3.63, 3.8) is 0 Å². The Kier molecular flexibility index (Phi) is 4.75. The monoisotopic (exact) mass is 358 g/mol. The second-order valence-electron chi connectivity index (χ2n) is 7.03. The number of piperidine rings is 2. The molecule has 1 aromatic heterocycles. The molecule has 0 N–H and O–H groups in total. The van der Waals surface area contributed by atoms with Gasteiger partial charge in [-0.05, 0) is 50.3 Å². The zero-order chi connectivity index (χ0) is 17.2. The summed E-state index contributed by atoms with van der Waals surface area (Å²) in [5.41, 5.74) is 1.64. The van der Waals surface area contributed by atoms with Crippen LogP contribution in [0, 0.1) is 5.92 Å². The van der Waals surface area contributed by atoms with Gasteiger partial charge in [0.05, 0.1) is 23.1 Å². The van der Waals surface area contributed by atoms with Crippen LogP contribution < -0.4 is 4.90 Å². The second-order valence-corrected chi connectivity index (χ2v) is 7.47. The van der Waals surface area contributed by atoms with E-state index in [9.17, 15) is 4.79 Å². The molecule has 1 unspecified atom stereocenters. The maximum absolute atomic E-state index is 12.8. The average Bonchev–Trinajstić information content (AvgIpc) is 2.68. The van der Waals surface area contributed by atoms with Crippen LogP contribution in [0.1, 0.15) is 32.1 Å². The first-order valence-corrected chi connectivity index (χ1v) is 9.54. The van der Waals surface area contributed by atoms with Crippen molar-refractivity contribution < 1.29 is 4.79 Å². The van der Waals surface area contributed by atoms with Crippen LogP contribution in [0.5, 0.6) is 0 Å². The number of carbonyl (C=O) groups excluding carboxylic acids is 1. The normalized spacial score (nSPS) is 21.6. The summed E-state index contributed by atoms with van der Waals surface area (Å²) in [6.07, 6.45) is 7.32. The van der Waals surface area contributed by atoms with Gasteiger partial charge >= 0.3 is 0 Å². The smallest absolute Gasteiger partial charge is 0.227 e. The Labute approximate surface area is 153 Å². The van der Waals surface area contributed by atoms with Crippen molar-refractivity contribution in [2.45, 2.75) is 32.1 Å². The van der Waals surface area contributed by atoms with Crippen LogP contribution in [0.2, 0.25) is 5.02 Å². The molecule has 6 heteroatoms. The third-order valence-electron chi connectivity index (χ3n) is 5.25. The summed E-state index contributed by atoms with van der Waals surface area (Å²) in [6.45, 7) is 3.51. The van der Waals surface area contributed by atoms with Crippen molar-refractivity contribution in [3.8, 4) is 0 Å². The number of hydrogen-bond acceptors (Lipinski definition) is 4. The molecule has 2 aromatic rings. The summed E-state index contributed by atoms with van der Waals surface area (Å²) in [6, 6.07) is 5.56. The molecular formula is C19H23ClN4O. The van der Waals surface area contributed by atoms with E-state index in [1.54, 1.807) is 6.20 Å². The van der Waals surface area contributed by atoms with Crippen molar-refractivity contribution in [1.82, 2.24) is 14.9 Å². The standard InChI is InChI=1S/C19H23ClN4O/c20-15-6-7-16-17(11-15)21-12-18(22-16)24-10-4-5-14(13-24)19(25)23-8-2-1-3-9-23/h6-7,11-12,14H,1-5,8-10,13H2. The second kappa shape index (κ2) is 7.16. The lowest BCUT2D eigenvalue weighted by molar-refractivity contribution is -0.136. The number of aromatic nitrogens is 2. The Morgan fingerprint density at radius 3 is 2.76 bits per heavy atom. The molecule has 1 amide bonds. The fourth-order valence-electron chi connectivity index (χ4n) is 3.89. The number of halogens is 1. The highest BCUT2D eigenvalue weighted by atomic mass is 35.5. The zero-order valence-corrected chi connectivity index (χ0v) is 15.1. The molecule has 3 heterocycles. The summed E-state index contributed by atoms with van der Waals surface area (Å²) < 4.78 is 0. The van der Waals surface area contributed by atoms with Crippen molar-refractivity contribution in [2.24, 2.45) is 5.92 Å². The summed E-state index contributed by atoms with van der Waals surface area (Å²) in [4.78, 5) is 26.3. The Balaban J connectivity index is 1.50. The predicted molar refractivity (Wildman–Crippen MR) is 99.9 cm³/mol.